The van der Waals surface area contributed by atoms with Gasteiger partial charge >= 0.3 is 0 Å². The molecule has 0 saturated heterocycles. The zero-order valence-electron chi connectivity index (χ0n) is 16.6. The standard InChI is InChI=1S/C23H21ClN2O3S/c1-16-5-3-4-6-23(16)30(27,28)26-22(18-9-13-20(29-2)14-10-18)15-21(25-26)17-7-11-19(24)12-8-17/h3-14,22H,15H2,1-2H3/t22-/m1/s1. The third-order valence-electron chi connectivity index (χ3n) is 5.17. The third kappa shape index (κ3) is 3.80. The number of halogens is 1. The predicted molar refractivity (Wildman–Crippen MR) is 119 cm³/mol. The second kappa shape index (κ2) is 8.13. The first-order chi connectivity index (χ1) is 14.4. The van der Waals surface area contributed by atoms with Crippen LogP contribution in [0.25, 0.3) is 0 Å². The van der Waals surface area contributed by atoms with E-state index in [1.54, 1.807) is 44.4 Å². The fourth-order valence-electron chi connectivity index (χ4n) is 3.55. The van der Waals surface area contributed by atoms with E-state index in [2.05, 4.69) is 5.10 Å². The highest BCUT2D eigenvalue weighted by atomic mass is 35.5. The van der Waals surface area contributed by atoms with E-state index >= 15 is 0 Å². The molecule has 0 unspecified atom stereocenters. The Bertz CT molecular complexity index is 1190. The molecule has 7 heteroatoms. The maximum absolute atomic E-state index is 13.6. The molecule has 1 atom stereocenters. The van der Waals surface area contributed by atoms with Gasteiger partial charge in [0, 0.05) is 11.4 Å². The van der Waals surface area contributed by atoms with Crippen LogP contribution in [0.4, 0.5) is 0 Å². The molecule has 154 valence electrons. The van der Waals surface area contributed by atoms with E-state index in [0.717, 1.165) is 11.1 Å². The van der Waals surface area contributed by atoms with Gasteiger partial charge in [0.1, 0.15) is 5.75 Å². The summed E-state index contributed by atoms with van der Waals surface area (Å²) in [5.41, 5.74) is 3.08. The van der Waals surface area contributed by atoms with E-state index in [0.29, 0.717) is 28.5 Å². The summed E-state index contributed by atoms with van der Waals surface area (Å²) >= 11 is 6.01. The van der Waals surface area contributed by atoms with Crippen LogP contribution >= 0.6 is 11.6 Å². The number of aryl methyl sites for hydroxylation is 1. The van der Waals surface area contributed by atoms with Crippen molar-refractivity contribution in [3.8, 4) is 5.75 Å². The van der Waals surface area contributed by atoms with Gasteiger partial charge in [0.25, 0.3) is 10.0 Å². The SMILES string of the molecule is COc1ccc([C@H]2CC(c3ccc(Cl)cc3)=NN2S(=O)(=O)c2ccccc2C)cc1. The van der Waals surface area contributed by atoms with Gasteiger partial charge in [-0.25, -0.2) is 0 Å². The molecule has 0 aliphatic carbocycles. The number of hydrogen-bond donors (Lipinski definition) is 0. The van der Waals surface area contributed by atoms with Gasteiger partial charge in [0.05, 0.1) is 23.8 Å². The Morgan fingerprint density at radius 1 is 1.00 bits per heavy atom. The largest absolute Gasteiger partial charge is 0.497 e. The molecule has 0 amide bonds. The van der Waals surface area contributed by atoms with Gasteiger partial charge in [-0.15, -0.1) is 0 Å². The van der Waals surface area contributed by atoms with Crippen molar-refractivity contribution >= 4 is 27.3 Å². The van der Waals surface area contributed by atoms with Crippen LogP contribution in [0.3, 0.4) is 0 Å². The lowest BCUT2D eigenvalue weighted by atomic mass is 9.99. The van der Waals surface area contributed by atoms with Crippen LogP contribution in [0.5, 0.6) is 5.75 Å². The van der Waals surface area contributed by atoms with E-state index in [-0.39, 0.29) is 4.90 Å². The molecule has 0 fully saturated rings. The minimum atomic E-state index is -3.84. The van der Waals surface area contributed by atoms with Gasteiger partial charge in [-0.05, 0) is 53.9 Å². The number of nitrogens with zero attached hydrogens (tertiary/aromatic N) is 2. The summed E-state index contributed by atoms with van der Waals surface area (Å²) in [7, 11) is -2.24. The van der Waals surface area contributed by atoms with Crippen molar-refractivity contribution in [1.82, 2.24) is 4.41 Å². The van der Waals surface area contributed by atoms with Gasteiger partial charge in [-0.3, -0.25) is 0 Å². The number of methoxy groups -OCH3 is 1. The first kappa shape index (κ1) is 20.4. The molecule has 0 saturated carbocycles. The lowest BCUT2D eigenvalue weighted by molar-refractivity contribution is 0.370. The molecule has 3 aromatic rings. The average Bonchev–Trinajstić information content (AvgIpc) is 3.21. The molecule has 4 rings (SSSR count). The molecule has 1 aliphatic rings. The quantitative estimate of drug-likeness (QED) is 0.548. The topological polar surface area (TPSA) is 59.0 Å². The van der Waals surface area contributed by atoms with Crippen LogP contribution in [0.15, 0.2) is 82.8 Å². The van der Waals surface area contributed by atoms with Crippen molar-refractivity contribution in [3.63, 3.8) is 0 Å². The van der Waals surface area contributed by atoms with Crippen molar-refractivity contribution in [2.24, 2.45) is 5.10 Å². The van der Waals surface area contributed by atoms with Gasteiger partial charge in [-0.2, -0.15) is 17.9 Å². The van der Waals surface area contributed by atoms with Crippen LogP contribution in [-0.2, 0) is 10.0 Å². The van der Waals surface area contributed by atoms with Gasteiger partial charge in [0.15, 0.2) is 0 Å². The molecule has 5 nitrogen and oxygen atoms in total. The summed E-state index contributed by atoms with van der Waals surface area (Å²) in [5.74, 6) is 0.712. The molecule has 3 aromatic carbocycles. The second-order valence-corrected chi connectivity index (χ2v) is 9.29. The fraction of sp³-hybridized carbons (Fsp3) is 0.174. The number of ether oxygens (including phenoxy) is 1. The van der Waals surface area contributed by atoms with Crippen molar-refractivity contribution < 1.29 is 13.2 Å². The summed E-state index contributed by atoms with van der Waals surface area (Å²) in [4.78, 5) is 0.254. The zero-order chi connectivity index (χ0) is 21.3. The van der Waals surface area contributed by atoms with Gasteiger partial charge in [-0.1, -0.05) is 54.1 Å². The molecule has 0 radical (unpaired) electrons. The van der Waals surface area contributed by atoms with Crippen molar-refractivity contribution in [2.75, 3.05) is 7.11 Å². The molecular formula is C23H21ClN2O3S. The number of benzene rings is 3. The van der Waals surface area contributed by atoms with Crippen LogP contribution in [0, 0.1) is 6.92 Å². The Balaban J connectivity index is 1.80. The van der Waals surface area contributed by atoms with Gasteiger partial charge in [0.2, 0.25) is 0 Å². The maximum atomic E-state index is 13.6. The smallest absolute Gasteiger partial charge is 0.279 e. The normalized spacial score (nSPS) is 16.4. The molecule has 1 aliphatic heterocycles. The molecule has 0 N–H and O–H groups in total. The Kier molecular flexibility index (Phi) is 5.54. The zero-order valence-corrected chi connectivity index (χ0v) is 18.2. The van der Waals surface area contributed by atoms with Crippen molar-refractivity contribution in [3.05, 3.63) is 94.5 Å². The highest BCUT2D eigenvalue weighted by molar-refractivity contribution is 7.89. The molecule has 0 spiro atoms. The number of hydrazone groups is 1. The number of hydrogen-bond acceptors (Lipinski definition) is 4. The lowest BCUT2D eigenvalue weighted by Gasteiger charge is -2.24. The minimum Gasteiger partial charge on any atom is -0.497 e. The molecule has 30 heavy (non-hydrogen) atoms. The first-order valence-electron chi connectivity index (χ1n) is 9.47. The van der Waals surface area contributed by atoms with Crippen LogP contribution in [-0.4, -0.2) is 25.7 Å². The predicted octanol–water partition coefficient (Wildman–Crippen LogP) is 5.20. The van der Waals surface area contributed by atoms with Crippen LogP contribution < -0.4 is 4.74 Å². The fourth-order valence-corrected chi connectivity index (χ4v) is 5.34. The monoisotopic (exact) mass is 440 g/mol. The minimum absolute atomic E-state index is 0.254. The Hall–Kier alpha value is -2.83. The summed E-state index contributed by atoms with van der Waals surface area (Å²) in [6.07, 6.45) is 0.457. The summed E-state index contributed by atoms with van der Waals surface area (Å²) in [6.45, 7) is 1.79. The highest BCUT2D eigenvalue weighted by Crippen LogP contribution is 2.38. The summed E-state index contributed by atoms with van der Waals surface area (Å²) in [6, 6.07) is 21.2. The van der Waals surface area contributed by atoms with Crippen LogP contribution in [0.1, 0.15) is 29.2 Å². The molecule has 0 aromatic heterocycles. The van der Waals surface area contributed by atoms with Crippen LogP contribution in [0.2, 0.25) is 5.02 Å². The second-order valence-electron chi connectivity index (χ2n) is 7.09. The Labute approximate surface area is 181 Å². The Morgan fingerprint density at radius 3 is 2.30 bits per heavy atom. The average molecular weight is 441 g/mol. The Morgan fingerprint density at radius 2 is 1.67 bits per heavy atom. The molecule has 0 bridgehead atoms. The number of sulfonamides is 1. The summed E-state index contributed by atoms with van der Waals surface area (Å²) in [5, 5.41) is 5.18. The van der Waals surface area contributed by atoms with Gasteiger partial charge < -0.3 is 4.74 Å². The molecule has 1 heterocycles. The highest BCUT2D eigenvalue weighted by Gasteiger charge is 2.38. The maximum Gasteiger partial charge on any atom is 0.279 e. The van der Waals surface area contributed by atoms with E-state index in [4.69, 9.17) is 16.3 Å². The first-order valence-corrected chi connectivity index (χ1v) is 11.3. The van der Waals surface area contributed by atoms with E-state index in [1.165, 1.54) is 4.41 Å². The third-order valence-corrected chi connectivity index (χ3v) is 7.26. The molecular weight excluding hydrogens is 420 g/mol. The van der Waals surface area contributed by atoms with Crippen molar-refractivity contribution in [2.45, 2.75) is 24.3 Å². The van der Waals surface area contributed by atoms with E-state index in [9.17, 15) is 8.42 Å². The summed E-state index contributed by atoms with van der Waals surface area (Å²) < 4.78 is 33.6. The van der Waals surface area contributed by atoms with E-state index in [1.807, 2.05) is 42.5 Å². The van der Waals surface area contributed by atoms with Crippen molar-refractivity contribution in [1.29, 1.82) is 0 Å². The van der Waals surface area contributed by atoms with E-state index < -0.39 is 16.1 Å². The lowest BCUT2D eigenvalue weighted by Crippen LogP contribution is -2.27. The number of rotatable bonds is 5.